The van der Waals surface area contributed by atoms with E-state index in [1.807, 2.05) is 24.0 Å². The van der Waals surface area contributed by atoms with Gasteiger partial charge in [-0.15, -0.1) is 0 Å². The van der Waals surface area contributed by atoms with Gasteiger partial charge in [-0.2, -0.15) is 0 Å². The largest absolute Gasteiger partial charge is 0.379 e. The van der Waals surface area contributed by atoms with Gasteiger partial charge < -0.3 is 9.64 Å². The molecule has 3 rings (SSSR count). The van der Waals surface area contributed by atoms with Crippen LogP contribution in [0.3, 0.4) is 0 Å². The summed E-state index contributed by atoms with van der Waals surface area (Å²) in [5.74, 6) is 0.194. The van der Waals surface area contributed by atoms with Crippen molar-refractivity contribution < 1.29 is 9.53 Å². The third kappa shape index (κ3) is 3.43. The van der Waals surface area contributed by atoms with Crippen LogP contribution in [0.5, 0.6) is 0 Å². The second-order valence-electron chi connectivity index (χ2n) is 6.93. The molecule has 1 atom stereocenters. The van der Waals surface area contributed by atoms with E-state index in [1.165, 1.54) is 5.56 Å². The number of nitrogens with zero attached hydrogens (tertiary/aromatic N) is 2. The third-order valence-electron chi connectivity index (χ3n) is 5.47. The number of piperidine rings is 1. The van der Waals surface area contributed by atoms with Crippen LogP contribution in [0.25, 0.3) is 0 Å². The first-order valence-corrected chi connectivity index (χ1v) is 8.77. The molecular weight excluding hydrogens is 288 g/mol. The molecule has 4 nitrogen and oxygen atoms in total. The summed E-state index contributed by atoms with van der Waals surface area (Å²) >= 11 is 0. The number of hydrogen-bond donors (Lipinski definition) is 0. The SMILES string of the molecule is Cc1cccc(C(=O)N2CCC(N3CCOCC3C)CC2)c1C. The Labute approximate surface area is 139 Å². The Kier molecular flexibility index (Phi) is 5.02. The number of morpholine rings is 1. The van der Waals surface area contributed by atoms with Crippen LogP contribution in [-0.2, 0) is 4.74 Å². The number of amides is 1. The Morgan fingerprint density at radius 1 is 1.17 bits per heavy atom. The number of ether oxygens (including phenoxy) is 1. The zero-order valence-electron chi connectivity index (χ0n) is 14.5. The zero-order valence-corrected chi connectivity index (χ0v) is 14.5. The van der Waals surface area contributed by atoms with Gasteiger partial charge in [-0.1, -0.05) is 12.1 Å². The van der Waals surface area contributed by atoms with Crippen molar-refractivity contribution in [2.45, 2.75) is 45.7 Å². The first-order valence-electron chi connectivity index (χ1n) is 8.77. The van der Waals surface area contributed by atoms with E-state index in [0.29, 0.717) is 12.1 Å². The minimum Gasteiger partial charge on any atom is -0.379 e. The molecule has 2 saturated heterocycles. The summed E-state index contributed by atoms with van der Waals surface area (Å²) in [6.07, 6.45) is 2.14. The van der Waals surface area contributed by atoms with Crippen LogP contribution in [0.15, 0.2) is 18.2 Å². The summed E-state index contributed by atoms with van der Waals surface area (Å²) in [6, 6.07) is 7.10. The van der Waals surface area contributed by atoms with E-state index in [-0.39, 0.29) is 5.91 Å². The lowest BCUT2D eigenvalue weighted by Crippen LogP contribution is -2.53. The van der Waals surface area contributed by atoms with Crippen LogP contribution < -0.4 is 0 Å². The minimum absolute atomic E-state index is 0.194. The molecule has 1 unspecified atom stereocenters. The second-order valence-corrected chi connectivity index (χ2v) is 6.93. The van der Waals surface area contributed by atoms with E-state index >= 15 is 0 Å². The van der Waals surface area contributed by atoms with Crippen molar-refractivity contribution in [1.29, 1.82) is 0 Å². The maximum atomic E-state index is 12.8. The van der Waals surface area contributed by atoms with E-state index in [0.717, 1.165) is 56.8 Å². The first kappa shape index (κ1) is 16.5. The topological polar surface area (TPSA) is 32.8 Å². The number of likely N-dealkylation sites (tertiary alicyclic amines) is 1. The number of rotatable bonds is 2. The third-order valence-corrected chi connectivity index (χ3v) is 5.47. The number of aryl methyl sites for hydroxylation is 1. The minimum atomic E-state index is 0.194. The van der Waals surface area contributed by atoms with Crippen LogP contribution in [0.1, 0.15) is 41.3 Å². The maximum absolute atomic E-state index is 12.8. The van der Waals surface area contributed by atoms with Crippen LogP contribution in [0.4, 0.5) is 0 Å². The summed E-state index contributed by atoms with van der Waals surface area (Å²) in [5, 5.41) is 0. The van der Waals surface area contributed by atoms with Crippen molar-refractivity contribution in [1.82, 2.24) is 9.80 Å². The average molecular weight is 316 g/mol. The summed E-state index contributed by atoms with van der Waals surface area (Å²) in [5.41, 5.74) is 3.16. The lowest BCUT2D eigenvalue weighted by Gasteiger charge is -2.43. The summed E-state index contributed by atoms with van der Waals surface area (Å²) in [7, 11) is 0. The normalized spacial score (nSPS) is 24.0. The zero-order chi connectivity index (χ0) is 16.4. The van der Waals surface area contributed by atoms with Crippen LogP contribution in [0.2, 0.25) is 0 Å². The lowest BCUT2D eigenvalue weighted by atomic mass is 9.98. The number of hydrogen-bond acceptors (Lipinski definition) is 3. The fraction of sp³-hybridized carbons (Fsp3) is 0.632. The van der Waals surface area contributed by atoms with Crippen LogP contribution in [-0.4, -0.2) is 60.6 Å². The van der Waals surface area contributed by atoms with Gasteiger partial charge in [0.25, 0.3) is 5.91 Å². The van der Waals surface area contributed by atoms with Crippen molar-refractivity contribution in [3.63, 3.8) is 0 Å². The average Bonchev–Trinajstić information content (AvgIpc) is 2.57. The molecule has 0 N–H and O–H groups in total. The maximum Gasteiger partial charge on any atom is 0.254 e. The fourth-order valence-electron chi connectivity index (χ4n) is 3.84. The number of carbonyl (C=O) groups is 1. The van der Waals surface area contributed by atoms with Crippen LogP contribution in [0, 0.1) is 13.8 Å². The molecule has 0 aliphatic carbocycles. The highest BCUT2D eigenvalue weighted by atomic mass is 16.5. The second kappa shape index (κ2) is 7.02. The fourth-order valence-corrected chi connectivity index (χ4v) is 3.84. The van der Waals surface area contributed by atoms with Gasteiger partial charge in [-0.05, 0) is 50.8 Å². The molecule has 2 fully saturated rings. The number of benzene rings is 1. The van der Waals surface area contributed by atoms with Gasteiger partial charge in [0.05, 0.1) is 13.2 Å². The van der Waals surface area contributed by atoms with Crippen molar-refractivity contribution in [3.05, 3.63) is 34.9 Å². The van der Waals surface area contributed by atoms with Gasteiger partial charge in [0.15, 0.2) is 0 Å². The molecular formula is C19H28N2O2. The Balaban J connectivity index is 1.62. The molecule has 23 heavy (non-hydrogen) atoms. The molecule has 0 spiro atoms. The van der Waals surface area contributed by atoms with Gasteiger partial charge in [0.2, 0.25) is 0 Å². The highest BCUT2D eigenvalue weighted by molar-refractivity contribution is 5.96. The van der Waals surface area contributed by atoms with Crippen molar-refractivity contribution >= 4 is 5.91 Å². The highest BCUT2D eigenvalue weighted by Gasteiger charge is 2.31. The Bertz CT molecular complexity index is 564. The van der Waals surface area contributed by atoms with Gasteiger partial charge in [-0.25, -0.2) is 0 Å². The monoisotopic (exact) mass is 316 g/mol. The Morgan fingerprint density at radius 2 is 1.91 bits per heavy atom. The molecule has 2 aliphatic rings. The molecule has 0 bridgehead atoms. The molecule has 0 radical (unpaired) electrons. The van der Waals surface area contributed by atoms with E-state index in [4.69, 9.17) is 4.74 Å². The molecule has 4 heteroatoms. The van der Waals surface area contributed by atoms with Crippen LogP contribution >= 0.6 is 0 Å². The number of carbonyl (C=O) groups excluding carboxylic acids is 1. The lowest BCUT2D eigenvalue weighted by molar-refractivity contribution is -0.0335. The molecule has 1 aromatic carbocycles. The highest BCUT2D eigenvalue weighted by Crippen LogP contribution is 2.23. The van der Waals surface area contributed by atoms with E-state index in [2.05, 4.69) is 24.8 Å². The molecule has 0 saturated carbocycles. The van der Waals surface area contributed by atoms with E-state index in [9.17, 15) is 4.79 Å². The molecule has 0 aromatic heterocycles. The van der Waals surface area contributed by atoms with E-state index in [1.54, 1.807) is 0 Å². The predicted octanol–water partition coefficient (Wildman–Crippen LogP) is 2.63. The van der Waals surface area contributed by atoms with Gasteiger partial charge >= 0.3 is 0 Å². The predicted molar refractivity (Wildman–Crippen MR) is 91.8 cm³/mol. The molecule has 126 valence electrons. The van der Waals surface area contributed by atoms with Gasteiger partial charge in [0.1, 0.15) is 0 Å². The molecule has 1 aromatic rings. The first-order chi connectivity index (χ1) is 11.1. The van der Waals surface area contributed by atoms with Gasteiger partial charge in [0, 0.05) is 37.3 Å². The summed E-state index contributed by atoms with van der Waals surface area (Å²) in [4.78, 5) is 17.4. The standard InChI is InChI=1S/C19H28N2O2/c1-14-5-4-6-18(16(14)3)19(22)20-9-7-17(8-10-20)21-11-12-23-13-15(21)2/h4-6,15,17H,7-13H2,1-3H3. The summed E-state index contributed by atoms with van der Waals surface area (Å²) < 4.78 is 5.54. The van der Waals surface area contributed by atoms with Crippen molar-refractivity contribution in [2.75, 3.05) is 32.8 Å². The Hall–Kier alpha value is -1.39. The smallest absolute Gasteiger partial charge is 0.254 e. The molecule has 2 aliphatic heterocycles. The molecule has 1 amide bonds. The van der Waals surface area contributed by atoms with E-state index < -0.39 is 0 Å². The van der Waals surface area contributed by atoms with Crippen molar-refractivity contribution in [3.8, 4) is 0 Å². The van der Waals surface area contributed by atoms with Gasteiger partial charge in [-0.3, -0.25) is 9.69 Å². The quantitative estimate of drug-likeness (QED) is 0.841. The summed E-state index contributed by atoms with van der Waals surface area (Å²) in [6.45, 7) is 10.8. The Morgan fingerprint density at radius 3 is 2.61 bits per heavy atom. The molecule has 2 heterocycles. The van der Waals surface area contributed by atoms with Crippen molar-refractivity contribution in [2.24, 2.45) is 0 Å².